The Morgan fingerprint density at radius 2 is 0.840 bits per heavy atom. The van der Waals surface area contributed by atoms with Crippen molar-refractivity contribution >= 4 is 53.8 Å². The molecule has 0 saturated carbocycles. The van der Waals surface area contributed by atoms with Gasteiger partial charge in [0.25, 0.3) is 0 Å². The summed E-state index contributed by atoms with van der Waals surface area (Å²) in [6, 6.07) is 4.60. The predicted molar refractivity (Wildman–Crippen MR) is 78.8 cm³/mol. The summed E-state index contributed by atoms with van der Waals surface area (Å²) in [6.07, 6.45) is 0. The van der Waals surface area contributed by atoms with Crippen molar-refractivity contribution in [3.8, 4) is 0 Å². The Hall–Kier alpha value is 2.12. The molecule has 0 radical (unpaired) electrons. The van der Waals surface area contributed by atoms with E-state index in [0.29, 0.717) is 0 Å². The second-order valence-electron chi connectivity index (χ2n) is 3.44. The van der Waals surface area contributed by atoms with Crippen LogP contribution >= 0.6 is 0 Å². The summed E-state index contributed by atoms with van der Waals surface area (Å²) >= 11 is 0. The number of aliphatic imine (C=N–C) groups is 9. The van der Waals surface area contributed by atoms with Crippen molar-refractivity contribution < 1.29 is 207 Å². The van der Waals surface area contributed by atoms with E-state index in [1.165, 1.54) is 22.9 Å². The number of hydrogen-bond donors (Lipinski definition) is 0. The summed E-state index contributed by atoms with van der Waals surface area (Å²) in [5.74, 6) is -0.643. The Labute approximate surface area is 316 Å². The fraction of sp³-hybridized carbons (Fsp3) is 0. The number of rotatable bonds is 0. The molecule has 0 atom stereocenters. The molecule has 0 amide bonds. The van der Waals surface area contributed by atoms with Gasteiger partial charge in [0.2, 0.25) is 17.9 Å². The molecule has 0 aromatic carbocycles. The molecule has 0 saturated heterocycles. The maximum absolute atomic E-state index is 8.59. The Balaban J connectivity index is 0.00000192. The zero-order chi connectivity index (χ0) is 15.5. The van der Waals surface area contributed by atoms with Crippen LogP contribution in [0.15, 0.2) is 44.9 Å². The first-order chi connectivity index (χ1) is 10.7. The first kappa shape index (κ1) is 27.1. The molecule has 3 heterocycles. The van der Waals surface area contributed by atoms with E-state index in [1.54, 1.807) is 0 Å². The van der Waals surface area contributed by atoms with Gasteiger partial charge in [0.15, 0.2) is 17.9 Å². The molecule has 0 fully saturated rings. The third kappa shape index (κ3) is 6.84. The fourth-order valence-electron chi connectivity index (χ4n) is 1.54. The largest absolute Gasteiger partial charge is 1.00 e. The van der Waals surface area contributed by atoms with Gasteiger partial charge in [-0.15, -0.1) is 18.0 Å². The standard InChI is InChI=1S/C9N13.3Cs/c10-1-13-4-16-7-18-5(14-2-11)20-9-21-6(15-3-12)19-8(17-4)22(7)9;;;/q-3;3*+1. The summed E-state index contributed by atoms with van der Waals surface area (Å²) in [6.45, 7) is 0. The predicted octanol–water partition coefficient (Wildman–Crippen LogP) is -9.29. The zero-order valence-corrected chi connectivity index (χ0v) is 32.2. The van der Waals surface area contributed by atoms with Crippen molar-refractivity contribution in [1.29, 1.82) is 0 Å². The second kappa shape index (κ2) is 13.4. The molecule has 0 N–H and O–H groups in total. The molecule has 104 valence electrons. The van der Waals surface area contributed by atoms with Crippen molar-refractivity contribution in [3.05, 3.63) is 16.2 Å². The maximum atomic E-state index is 8.59. The molecule has 3 aliphatic heterocycles. The first-order valence-electron chi connectivity index (χ1n) is 5.37. The van der Waals surface area contributed by atoms with Crippen LogP contribution < -0.4 is 207 Å². The Kier molecular flexibility index (Phi) is 14.5. The molecule has 0 aromatic rings. The normalized spacial score (nSPS) is 15.6. The van der Waals surface area contributed by atoms with Crippen LogP contribution in [0.5, 0.6) is 0 Å². The van der Waals surface area contributed by atoms with Gasteiger partial charge in [-0.2, -0.15) is 30.0 Å². The van der Waals surface area contributed by atoms with E-state index >= 15 is 0 Å². The molecule has 16 heteroatoms. The van der Waals surface area contributed by atoms with E-state index in [-0.39, 0.29) is 242 Å². The van der Waals surface area contributed by atoms with Crippen LogP contribution in [0.1, 0.15) is 0 Å². The van der Waals surface area contributed by atoms with Gasteiger partial charge in [0.05, 0.1) is 0 Å². The fourth-order valence-corrected chi connectivity index (χ4v) is 1.54. The SMILES string of the molecule is [Cs+].[Cs+].[Cs+].[N-]=C=NC1=NC2=NC(N=C=[N-])=NC3=NC(N=C=[N-])=NC(=N1)N23. The van der Waals surface area contributed by atoms with Crippen molar-refractivity contribution in [2.45, 2.75) is 0 Å². The summed E-state index contributed by atoms with van der Waals surface area (Å²) in [5.41, 5.74) is 0. The van der Waals surface area contributed by atoms with Gasteiger partial charge in [-0.3, -0.25) is 0 Å². The van der Waals surface area contributed by atoms with Gasteiger partial charge >= 0.3 is 207 Å². The van der Waals surface area contributed by atoms with Crippen molar-refractivity contribution in [1.82, 2.24) is 4.90 Å². The molecule has 3 aliphatic rings. The van der Waals surface area contributed by atoms with Crippen LogP contribution in [0.3, 0.4) is 0 Å². The quantitative estimate of drug-likeness (QED) is 0.226. The van der Waals surface area contributed by atoms with Gasteiger partial charge in [0, 0.05) is 0 Å². The smallest absolute Gasteiger partial charge is 0.422 e. The van der Waals surface area contributed by atoms with Crippen molar-refractivity contribution in [2.24, 2.45) is 44.9 Å². The van der Waals surface area contributed by atoms with Crippen molar-refractivity contribution in [2.75, 3.05) is 0 Å². The molecule has 3 rings (SSSR count). The Morgan fingerprint density at radius 1 is 0.560 bits per heavy atom. The van der Waals surface area contributed by atoms with Gasteiger partial charge in [-0.1, -0.05) is 0 Å². The van der Waals surface area contributed by atoms with Gasteiger partial charge < -0.3 is 31.2 Å². The van der Waals surface area contributed by atoms with Crippen LogP contribution in [0.4, 0.5) is 0 Å². The van der Waals surface area contributed by atoms with Gasteiger partial charge in [-0.25, -0.2) is 4.90 Å². The topological polar surface area (TPSA) is 181 Å². The third-order valence-electron chi connectivity index (χ3n) is 2.25. The summed E-state index contributed by atoms with van der Waals surface area (Å²) < 4.78 is 0. The van der Waals surface area contributed by atoms with E-state index in [4.69, 9.17) is 16.2 Å². The molecule has 25 heavy (non-hydrogen) atoms. The minimum atomic E-state index is -0.202. The Morgan fingerprint density at radius 3 is 1.08 bits per heavy atom. The van der Waals surface area contributed by atoms with Crippen LogP contribution in [-0.2, 0) is 0 Å². The van der Waals surface area contributed by atoms with E-state index in [1.807, 2.05) is 0 Å². The molecule has 13 nitrogen and oxygen atoms in total. The number of guanidine groups is 6. The average molecular weight is 689 g/mol. The molecule has 0 unspecified atom stereocenters. The van der Waals surface area contributed by atoms with E-state index in [2.05, 4.69) is 44.9 Å². The van der Waals surface area contributed by atoms with Crippen molar-refractivity contribution in [3.63, 3.8) is 0 Å². The third-order valence-corrected chi connectivity index (χ3v) is 2.25. The van der Waals surface area contributed by atoms with E-state index in [9.17, 15) is 0 Å². The summed E-state index contributed by atoms with van der Waals surface area (Å²) in [5, 5.41) is 25.8. The van der Waals surface area contributed by atoms with Crippen LogP contribution in [-0.4, -0.2) is 58.7 Å². The Bertz CT molecular complexity index is 784. The molecule has 0 aliphatic carbocycles. The number of hydrogen-bond acceptors (Lipinski definition) is 10. The number of nitrogens with zero attached hydrogens (tertiary/aromatic N) is 13. The molecular weight excluding hydrogens is 689 g/mol. The zero-order valence-electron chi connectivity index (χ0n) is 13.3. The minimum absolute atomic E-state index is 0. The average Bonchev–Trinajstić information content (AvgIpc) is 2.47. The van der Waals surface area contributed by atoms with Gasteiger partial charge in [0.1, 0.15) is 0 Å². The van der Waals surface area contributed by atoms with Crippen LogP contribution in [0.25, 0.3) is 16.2 Å². The summed E-state index contributed by atoms with van der Waals surface area (Å²) in [7, 11) is 0. The van der Waals surface area contributed by atoms with E-state index in [0.717, 1.165) is 0 Å². The van der Waals surface area contributed by atoms with Crippen LogP contribution in [0, 0.1) is 0 Å². The molecule has 0 aromatic heterocycles. The van der Waals surface area contributed by atoms with E-state index < -0.39 is 0 Å². The maximum Gasteiger partial charge on any atom is 1.00 e. The first-order valence-corrected chi connectivity index (χ1v) is 5.37. The van der Waals surface area contributed by atoms with Crippen LogP contribution in [0.2, 0.25) is 0 Å². The van der Waals surface area contributed by atoms with Gasteiger partial charge in [-0.05, 0) is 0 Å². The molecular formula is C9Cs3N13. The second-order valence-corrected chi connectivity index (χ2v) is 3.44. The monoisotopic (exact) mass is 689 g/mol. The summed E-state index contributed by atoms with van der Waals surface area (Å²) in [4.78, 5) is 34.8. The molecule has 0 spiro atoms. The molecule has 0 bridgehead atoms. The minimum Gasteiger partial charge on any atom is -0.422 e.